The summed E-state index contributed by atoms with van der Waals surface area (Å²) in [6.07, 6.45) is 0.346. The predicted octanol–water partition coefficient (Wildman–Crippen LogP) is 2.23. The van der Waals surface area contributed by atoms with E-state index in [1.165, 1.54) is 4.90 Å². The molecule has 4 rings (SSSR count). The van der Waals surface area contributed by atoms with Crippen molar-refractivity contribution in [3.8, 4) is 17.2 Å². The number of hydrogen-bond donors (Lipinski definition) is 2. The highest BCUT2D eigenvalue weighted by Crippen LogP contribution is 2.59. The van der Waals surface area contributed by atoms with Crippen LogP contribution < -0.4 is 5.32 Å². The van der Waals surface area contributed by atoms with Gasteiger partial charge in [0.2, 0.25) is 5.91 Å². The van der Waals surface area contributed by atoms with Gasteiger partial charge in [-0.25, -0.2) is 0 Å². The quantitative estimate of drug-likeness (QED) is 0.848. The largest absolute Gasteiger partial charge is 0.341 e. The summed E-state index contributed by atoms with van der Waals surface area (Å²) in [5.41, 5.74) is 3.26. The summed E-state index contributed by atoms with van der Waals surface area (Å²) < 4.78 is 0. The molecule has 1 aromatic heterocycles. The van der Waals surface area contributed by atoms with Crippen LogP contribution in [0.3, 0.4) is 0 Å². The number of carbonyl (C=O) groups excluding carboxylic acids is 1. The second-order valence-electron chi connectivity index (χ2n) is 5.55. The Morgan fingerprint density at radius 2 is 2.32 bits per heavy atom. The molecule has 2 aliphatic rings. The molecule has 2 N–H and O–H groups in total. The molecule has 1 saturated heterocycles. The number of rotatable bonds is 1. The van der Waals surface area contributed by atoms with Crippen LogP contribution in [0.5, 0.6) is 0 Å². The minimum atomic E-state index is -0.488. The number of hydrogen-bond acceptors (Lipinski definition) is 4. The molecule has 0 bridgehead atoms. The number of fused-ring (bicyclic) bond motifs is 3. The number of benzene rings is 1. The van der Waals surface area contributed by atoms with E-state index >= 15 is 0 Å². The number of nitrogens with one attached hydrogen (secondary N) is 2. The van der Waals surface area contributed by atoms with E-state index in [9.17, 15) is 4.79 Å². The van der Waals surface area contributed by atoms with Gasteiger partial charge in [0.15, 0.2) is 5.96 Å². The zero-order valence-electron chi connectivity index (χ0n) is 11.8. The van der Waals surface area contributed by atoms with Gasteiger partial charge in [-0.1, -0.05) is 12.1 Å². The van der Waals surface area contributed by atoms with Gasteiger partial charge in [-0.2, -0.15) is 5.26 Å². The van der Waals surface area contributed by atoms with Crippen molar-refractivity contribution in [1.29, 1.82) is 10.7 Å². The van der Waals surface area contributed by atoms with E-state index in [4.69, 9.17) is 10.7 Å². The molecule has 1 aliphatic carbocycles. The van der Waals surface area contributed by atoms with E-state index in [0.717, 1.165) is 21.6 Å². The summed E-state index contributed by atoms with van der Waals surface area (Å²) in [6.45, 7) is 0. The fourth-order valence-electron chi connectivity index (χ4n) is 3.04. The first-order valence-corrected chi connectivity index (χ1v) is 7.71. The summed E-state index contributed by atoms with van der Waals surface area (Å²) >= 11 is 1.60. The lowest BCUT2D eigenvalue weighted by molar-refractivity contribution is -0.128. The molecule has 1 amide bonds. The maximum absolute atomic E-state index is 12.1. The summed E-state index contributed by atoms with van der Waals surface area (Å²) in [5, 5.41) is 22.2. The standard InChI is InChI=1S/C16H12N4OS/c1-20-12(21)6-16(19-15(20)18)13-11(8-22-14(13)16)10-4-2-3-9(5-10)7-17/h2-5,8H,6H2,1H3,(H2,18,19)/t16-/m1/s1. The first-order valence-electron chi connectivity index (χ1n) is 6.83. The van der Waals surface area contributed by atoms with Gasteiger partial charge in [0, 0.05) is 17.5 Å². The molecule has 2 aromatic rings. The highest BCUT2D eigenvalue weighted by molar-refractivity contribution is 7.11. The maximum atomic E-state index is 12.1. The Morgan fingerprint density at radius 3 is 3.05 bits per heavy atom. The Bertz CT molecular complexity index is 859. The third kappa shape index (κ3) is 1.57. The Balaban J connectivity index is 1.75. The van der Waals surface area contributed by atoms with Crippen LogP contribution in [-0.2, 0) is 10.3 Å². The Hall–Kier alpha value is -2.65. The third-order valence-electron chi connectivity index (χ3n) is 4.30. The van der Waals surface area contributed by atoms with E-state index in [1.807, 2.05) is 18.2 Å². The molecule has 5 nitrogen and oxygen atoms in total. The van der Waals surface area contributed by atoms with Crippen molar-refractivity contribution < 1.29 is 4.79 Å². The van der Waals surface area contributed by atoms with E-state index in [1.54, 1.807) is 24.5 Å². The third-order valence-corrected chi connectivity index (χ3v) is 5.45. The zero-order valence-corrected chi connectivity index (χ0v) is 12.6. The Morgan fingerprint density at radius 1 is 1.50 bits per heavy atom. The van der Waals surface area contributed by atoms with Crippen molar-refractivity contribution in [3.63, 3.8) is 0 Å². The summed E-state index contributed by atoms with van der Waals surface area (Å²) in [6, 6.07) is 9.62. The highest BCUT2D eigenvalue weighted by atomic mass is 32.1. The van der Waals surface area contributed by atoms with Gasteiger partial charge >= 0.3 is 0 Å². The van der Waals surface area contributed by atoms with E-state index in [0.29, 0.717) is 12.0 Å². The summed E-state index contributed by atoms with van der Waals surface area (Å²) in [7, 11) is 1.61. The zero-order chi connectivity index (χ0) is 15.5. The van der Waals surface area contributed by atoms with Gasteiger partial charge in [0.25, 0.3) is 0 Å². The van der Waals surface area contributed by atoms with Crippen molar-refractivity contribution >= 4 is 23.2 Å². The number of guanidine groups is 1. The molecule has 1 aromatic carbocycles. The minimum Gasteiger partial charge on any atom is -0.341 e. The van der Waals surface area contributed by atoms with Gasteiger partial charge in [-0.15, -0.1) is 11.3 Å². The van der Waals surface area contributed by atoms with Crippen molar-refractivity contribution in [3.05, 3.63) is 45.6 Å². The number of amides is 1. The molecular formula is C16H12N4OS. The fourth-order valence-corrected chi connectivity index (χ4v) is 4.31. The average Bonchev–Trinajstić information content (AvgIpc) is 2.90. The number of carbonyl (C=O) groups is 1. The van der Waals surface area contributed by atoms with E-state index in [2.05, 4.69) is 16.8 Å². The normalized spacial score (nSPS) is 22.3. The topological polar surface area (TPSA) is 80.0 Å². The number of nitriles is 1. The molecular weight excluding hydrogens is 296 g/mol. The van der Waals surface area contributed by atoms with Crippen LogP contribution in [0.25, 0.3) is 11.1 Å². The molecule has 0 radical (unpaired) electrons. The molecule has 1 atom stereocenters. The molecule has 22 heavy (non-hydrogen) atoms. The van der Waals surface area contributed by atoms with Crippen LogP contribution in [0.1, 0.15) is 22.4 Å². The van der Waals surface area contributed by atoms with Crippen molar-refractivity contribution in [2.45, 2.75) is 12.0 Å². The molecule has 108 valence electrons. The number of nitrogens with zero attached hydrogens (tertiary/aromatic N) is 2. The van der Waals surface area contributed by atoms with Crippen LogP contribution in [-0.4, -0.2) is 23.8 Å². The van der Waals surface area contributed by atoms with Crippen LogP contribution >= 0.6 is 11.3 Å². The van der Waals surface area contributed by atoms with Crippen molar-refractivity contribution in [1.82, 2.24) is 10.2 Å². The second kappa shape index (κ2) is 4.18. The van der Waals surface area contributed by atoms with Crippen LogP contribution in [0.2, 0.25) is 0 Å². The molecule has 6 heteroatoms. The fraction of sp³-hybridized carbons (Fsp3) is 0.188. The van der Waals surface area contributed by atoms with Gasteiger partial charge < -0.3 is 5.32 Å². The van der Waals surface area contributed by atoms with Crippen molar-refractivity contribution in [2.75, 3.05) is 7.05 Å². The maximum Gasteiger partial charge on any atom is 0.232 e. The SMILES string of the molecule is CN1C(=N)N[C@@]2(CC1=O)c1scc(-c3cccc(C#N)c3)c12. The van der Waals surface area contributed by atoms with E-state index < -0.39 is 5.54 Å². The summed E-state index contributed by atoms with van der Waals surface area (Å²) in [5.74, 6) is 0.0836. The second-order valence-corrected chi connectivity index (χ2v) is 6.43. The van der Waals surface area contributed by atoms with Crippen LogP contribution in [0.4, 0.5) is 0 Å². The lowest BCUT2D eigenvalue weighted by Gasteiger charge is -2.32. The van der Waals surface area contributed by atoms with Gasteiger partial charge in [0.05, 0.1) is 18.1 Å². The predicted molar refractivity (Wildman–Crippen MR) is 83.5 cm³/mol. The Labute approximate surface area is 131 Å². The molecule has 1 fully saturated rings. The van der Waals surface area contributed by atoms with Crippen LogP contribution in [0, 0.1) is 16.7 Å². The number of thiophene rings is 1. The van der Waals surface area contributed by atoms with Gasteiger partial charge in [-0.3, -0.25) is 15.1 Å². The van der Waals surface area contributed by atoms with Crippen molar-refractivity contribution in [2.24, 2.45) is 0 Å². The monoisotopic (exact) mass is 308 g/mol. The summed E-state index contributed by atoms with van der Waals surface area (Å²) in [4.78, 5) is 14.5. The van der Waals surface area contributed by atoms with Gasteiger partial charge in [-0.05, 0) is 28.6 Å². The molecule has 2 heterocycles. The molecule has 0 unspecified atom stereocenters. The van der Waals surface area contributed by atoms with Crippen LogP contribution in [0.15, 0.2) is 29.6 Å². The minimum absolute atomic E-state index is 0.0520. The molecule has 0 saturated carbocycles. The molecule has 1 spiro atoms. The lowest BCUT2D eigenvalue weighted by atomic mass is 9.99. The smallest absolute Gasteiger partial charge is 0.232 e. The highest BCUT2D eigenvalue weighted by Gasteiger charge is 2.59. The first kappa shape index (κ1) is 13.0. The lowest BCUT2D eigenvalue weighted by Crippen LogP contribution is -2.54. The van der Waals surface area contributed by atoms with E-state index in [-0.39, 0.29) is 11.9 Å². The molecule has 1 aliphatic heterocycles. The first-order chi connectivity index (χ1) is 10.6. The average molecular weight is 308 g/mol. The Kier molecular flexibility index (Phi) is 2.48. The van der Waals surface area contributed by atoms with Gasteiger partial charge in [0.1, 0.15) is 5.54 Å².